The maximum absolute atomic E-state index is 6.45. The van der Waals surface area contributed by atoms with Gasteiger partial charge in [0.2, 0.25) is 0 Å². The van der Waals surface area contributed by atoms with Crippen molar-refractivity contribution in [3.8, 4) is 55.9 Å². The molecule has 0 aliphatic heterocycles. The van der Waals surface area contributed by atoms with Gasteiger partial charge in [-0.2, -0.15) is 0 Å². The molecule has 0 fully saturated rings. The van der Waals surface area contributed by atoms with Gasteiger partial charge in [0, 0.05) is 49.1 Å². The van der Waals surface area contributed by atoms with Gasteiger partial charge in [-0.1, -0.05) is 179 Å². The molecule has 2 aliphatic carbocycles. The molecular formula is C54H38N2O. The van der Waals surface area contributed by atoms with E-state index in [2.05, 4.69) is 173 Å². The lowest BCUT2D eigenvalue weighted by molar-refractivity contribution is 0.660. The Labute approximate surface area is 331 Å². The van der Waals surface area contributed by atoms with Crippen LogP contribution in [0.3, 0.4) is 0 Å². The van der Waals surface area contributed by atoms with Crippen LogP contribution >= 0.6 is 0 Å². The van der Waals surface area contributed by atoms with Crippen molar-refractivity contribution >= 4 is 43.7 Å². The van der Waals surface area contributed by atoms with Crippen LogP contribution in [0.2, 0.25) is 0 Å². The number of fused-ring (bicyclic) bond motifs is 14. The van der Waals surface area contributed by atoms with Crippen LogP contribution in [0.5, 0.6) is 0 Å². The second kappa shape index (κ2) is 11.4. The molecule has 0 atom stereocenters. The van der Waals surface area contributed by atoms with Crippen LogP contribution in [0.15, 0.2) is 162 Å². The molecular weight excluding hydrogens is 693 g/mol. The summed E-state index contributed by atoms with van der Waals surface area (Å²) in [5.41, 5.74) is 19.9. The minimum absolute atomic E-state index is 0.221. The third kappa shape index (κ3) is 4.32. The van der Waals surface area contributed by atoms with Crippen molar-refractivity contribution in [1.29, 1.82) is 0 Å². The summed E-state index contributed by atoms with van der Waals surface area (Å²) in [7, 11) is 0. The fraction of sp³-hybridized carbons (Fsp3) is 0.111. The molecule has 270 valence electrons. The zero-order chi connectivity index (χ0) is 38.2. The summed E-state index contributed by atoms with van der Waals surface area (Å²) in [4.78, 5) is 11.5. The summed E-state index contributed by atoms with van der Waals surface area (Å²) in [5, 5.41) is 4.56. The second-order valence-electron chi connectivity index (χ2n) is 16.8. The Hall–Kier alpha value is -6.84. The Morgan fingerprint density at radius 2 is 0.860 bits per heavy atom. The summed E-state index contributed by atoms with van der Waals surface area (Å²) >= 11 is 0. The summed E-state index contributed by atoms with van der Waals surface area (Å²) in [6.45, 7) is 9.40. The third-order valence-corrected chi connectivity index (χ3v) is 13.0. The van der Waals surface area contributed by atoms with Gasteiger partial charge < -0.3 is 4.42 Å². The maximum Gasteiger partial charge on any atom is 0.143 e. The van der Waals surface area contributed by atoms with Crippen molar-refractivity contribution in [2.75, 3.05) is 0 Å². The Balaban J connectivity index is 1.16. The molecule has 7 aromatic carbocycles. The molecule has 0 saturated carbocycles. The highest BCUT2D eigenvalue weighted by Crippen LogP contribution is 2.57. The Morgan fingerprint density at radius 3 is 1.47 bits per heavy atom. The van der Waals surface area contributed by atoms with Gasteiger partial charge in [0.05, 0.1) is 22.4 Å². The van der Waals surface area contributed by atoms with E-state index >= 15 is 0 Å². The third-order valence-electron chi connectivity index (χ3n) is 13.0. The largest absolute Gasteiger partial charge is 0.455 e. The number of aromatic nitrogens is 2. The van der Waals surface area contributed by atoms with Gasteiger partial charge in [-0.3, -0.25) is 0 Å². The van der Waals surface area contributed by atoms with Crippen LogP contribution in [0.1, 0.15) is 49.9 Å². The molecule has 0 spiro atoms. The van der Waals surface area contributed by atoms with E-state index in [1.165, 1.54) is 44.5 Å². The summed E-state index contributed by atoms with van der Waals surface area (Å²) < 4.78 is 6.45. The first-order valence-electron chi connectivity index (χ1n) is 19.9. The quantitative estimate of drug-likeness (QED) is 0.170. The van der Waals surface area contributed by atoms with Crippen LogP contribution in [0.4, 0.5) is 0 Å². The Kier molecular flexibility index (Phi) is 6.46. The Morgan fingerprint density at radius 1 is 0.386 bits per heavy atom. The molecule has 3 heterocycles. The molecule has 12 rings (SSSR count). The lowest BCUT2D eigenvalue weighted by atomic mass is 9.79. The standard InChI is InChI=1S/C54H38N2O/c1-53(2)41-22-11-8-18-37(41)44-39-29-30-40-45-38-19-9-12-23-42(38)54(3,4)47(45)49(56-51(40)50(39)55-48(46(44)53)32-15-6-5-7-16-32)33-27-25-31(26-28-33)34-20-14-21-36-35-17-10-13-24-43(35)57-52(34)36/h5-30H,1-4H3. The first-order valence-corrected chi connectivity index (χ1v) is 19.9. The van der Waals surface area contributed by atoms with E-state index in [0.29, 0.717) is 0 Å². The molecule has 0 amide bonds. The van der Waals surface area contributed by atoms with Crippen LogP contribution in [0.25, 0.3) is 99.6 Å². The molecule has 3 heteroatoms. The number of para-hydroxylation sites is 2. The van der Waals surface area contributed by atoms with Crippen molar-refractivity contribution in [2.24, 2.45) is 0 Å². The predicted octanol–water partition coefficient (Wildman–Crippen LogP) is 14.3. The smallest absolute Gasteiger partial charge is 0.143 e. The topological polar surface area (TPSA) is 38.9 Å². The van der Waals surface area contributed by atoms with E-state index in [1.54, 1.807) is 0 Å². The summed E-state index contributed by atoms with van der Waals surface area (Å²) in [6.07, 6.45) is 0. The van der Waals surface area contributed by atoms with Gasteiger partial charge in [-0.25, -0.2) is 9.97 Å². The van der Waals surface area contributed by atoms with Crippen LogP contribution in [0, 0.1) is 0 Å². The minimum Gasteiger partial charge on any atom is -0.455 e. The molecule has 0 N–H and O–H groups in total. The van der Waals surface area contributed by atoms with Crippen molar-refractivity contribution in [1.82, 2.24) is 9.97 Å². The predicted molar refractivity (Wildman–Crippen MR) is 236 cm³/mol. The minimum atomic E-state index is -0.264. The highest BCUT2D eigenvalue weighted by molar-refractivity contribution is 6.17. The van der Waals surface area contributed by atoms with Gasteiger partial charge in [0.15, 0.2) is 0 Å². The lowest BCUT2D eigenvalue weighted by Gasteiger charge is -2.26. The normalized spacial score (nSPS) is 14.6. The van der Waals surface area contributed by atoms with E-state index in [9.17, 15) is 0 Å². The highest BCUT2D eigenvalue weighted by atomic mass is 16.3. The molecule has 57 heavy (non-hydrogen) atoms. The number of hydrogen-bond donors (Lipinski definition) is 0. The molecule has 3 aromatic heterocycles. The number of rotatable bonds is 3. The number of furan rings is 1. The van der Waals surface area contributed by atoms with E-state index in [-0.39, 0.29) is 10.8 Å². The molecule has 0 unspecified atom stereocenters. The van der Waals surface area contributed by atoms with E-state index in [0.717, 1.165) is 77.4 Å². The van der Waals surface area contributed by atoms with E-state index < -0.39 is 0 Å². The fourth-order valence-electron chi connectivity index (χ4n) is 10.4. The monoisotopic (exact) mass is 730 g/mol. The second-order valence-corrected chi connectivity index (χ2v) is 16.8. The summed E-state index contributed by atoms with van der Waals surface area (Å²) in [6, 6.07) is 56.8. The van der Waals surface area contributed by atoms with Gasteiger partial charge in [-0.15, -0.1) is 0 Å². The van der Waals surface area contributed by atoms with Crippen LogP contribution < -0.4 is 0 Å². The van der Waals surface area contributed by atoms with E-state index in [4.69, 9.17) is 14.4 Å². The molecule has 0 radical (unpaired) electrons. The first kappa shape index (κ1) is 32.4. The summed E-state index contributed by atoms with van der Waals surface area (Å²) in [5.74, 6) is 0. The number of nitrogens with zero attached hydrogens (tertiary/aromatic N) is 2. The lowest BCUT2D eigenvalue weighted by Crippen LogP contribution is -2.17. The van der Waals surface area contributed by atoms with Crippen molar-refractivity contribution in [3.05, 3.63) is 180 Å². The molecule has 10 aromatic rings. The van der Waals surface area contributed by atoms with Crippen molar-refractivity contribution < 1.29 is 4.42 Å². The average Bonchev–Trinajstić information content (AvgIpc) is 3.84. The van der Waals surface area contributed by atoms with Crippen molar-refractivity contribution in [3.63, 3.8) is 0 Å². The zero-order valence-electron chi connectivity index (χ0n) is 32.3. The van der Waals surface area contributed by atoms with Gasteiger partial charge in [-0.05, 0) is 56.1 Å². The molecule has 0 saturated heterocycles. The highest BCUT2D eigenvalue weighted by Gasteiger charge is 2.42. The Bertz CT molecular complexity index is 3330. The van der Waals surface area contributed by atoms with Gasteiger partial charge in [0.25, 0.3) is 0 Å². The number of hydrogen-bond acceptors (Lipinski definition) is 3. The van der Waals surface area contributed by atoms with Gasteiger partial charge >= 0.3 is 0 Å². The first-order chi connectivity index (χ1) is 27.8. The average molecular weight is 731 g/mol. The molecule has 3 nitrogen and oxygen atoms in total. The zero-order valence-corrected chi connectivity index (χ0v) is 32.3. The van der Waals surface area contributed by atoms with E-state index in [1.807, 2.05) is 12.1 Å². The van der Waals surface area contributed by atoms with Crippen LogP contribution in [-0.2, 0) is 10.8 Å². The SMILES string of the molecule is CC1(C)c2ccccc2-c2c1c(-c1ccccc1)nc1c2ccc2c3c(c(-c4ccc(-c5cccc6c5oc5ccccc56)cc4)nc21)C(C)(C)c1ccccc1-3. The maximum atomic E-state index is 6.45. The molecule has 0 bridgehead atoms. The fourth-order valence-corrected chi connectivity index (χ4v) is 10.4. The number of pyridine rings is 2. The van der Waals surface area contributed by atoms with Crippen LogP contribution in [-0.4, -0.2) is 9.97 Å². The molecule has 2 aliphatic rings. The van der Waals surface area contributed by atoms with Gasteiger partial charge in [0.1, 0.15) is 11.2 Å². The number of benzene rings is 7. The van der Waals surface area contributed by atoms with Crippen molar-refractivity contribution in [2.45, 2.75) is 38.5 Å².